The van der Waals surface area contributed by atoms with Crippen LogP contribution < -0.4 is 5.32 Å². The molecule has 0 aliphatic heterocycles. The van der Waals surface area contributed by atoms with Crippen molar-refractivity contribution in [2.45, 2.75) is 18.3 Å². The number of aliphatic hydroxyl groups is 1. The molecule has 8 heteroatoms. The van der Waals surface area contributed by atoms with Gasteiger partial charge in [0.2, 0.25) is 5.89 Å². The molecule has 0 aliphatic carbocycles. The summed E-state index contributed by atoms with van der Waals surface area (Å²) in [6.07, 6.45) is 5.18. The summed E-state index contributed by atoms with van der Waals surface area (Å²) in [4.78, 5) is 12.7. The van der Waals surface area contributed by atoms with Gasteiger partial charge in [0.1, 0.15) is 5.82 Å². The maximum atomic E-state index is 9.40. The van der Waals surface area contributed by atoms with E-state index in [1.807, 2.05) is 30.5 Å². The third-order valence-electron chi connectivity index (χ3n) is 3.33. The Hall–Kier alpha value is -1.90. The van der Waals surface area contributed by atoms with Crippen LogP contribution in [0.5, 0.6) is 0 Å². The van der Waals surface area contributed by atoms with Crippen molar-refractivity contribution in [3.8, 4) is 11.5 Å². The lowest BCUT2D eigenvalue weighted by Crippen LogP contribution is -2.06. The van der Waals surface area contributed by atoms with E-state index >= 15 is 0 Å². The van der Waals surface area contributed by atoms with Gasteiger partial charge in [0.25, 0.3) is 0 Å². The summed E-state index contributed by atoms with van der Waals surface area (Å²) in [5.74, 6) is 1.22. The topological polar surface area (TPSA) is 84.1 Å². The fourth-order valence-electron chi connectivity index (χ4n) is 2.10. The molecule has 6 nitrogen and oxygen atoms in total. The average molecular weight is 407 g/mol. The Morgan fingerprint density at radius 1 is 1.21 bits per heavy atom. The molecule has 0 saturated carbocycles. The number of aromatic nitrogens is 3. The van der Waals surface area contributed by atoms with Gasteiger partial charge in [-0.15, -0.1) is 0 Å². The summed E-state index contributed by atoms with van der Waals surface area (Å²) in [5, 5.41) is 13.3. The number of thioether (sulfide) groups is 1. The zero-order valence-electron chi connectivity index (χ0n) is 12.9. The van der Waals surface area contributed by atoms with Crippen molar-refractivity contribution in [2.75, 3.05) is 11.6 Å². The summed E-state index contributed by atoms with van der Waals surface area (Å²) in [6, 6.07) is 7.90. The van der Waals surface area contributed by atoms with Gasteiger partial charge in [0.05, 0.1) is 12.8 Å². The van der Waals surface area contributed by atoms with Crippen molar-refractivity contribution in [2.24, 2.45) is 0 Å². The van der Waals surface area contributed by atoms with Crippen LogP contribution in [0.3, 0.4) is 0 Å². The zero-order valence-corrected chi connectivity index (χ0v) is 15.3. The molecule has 124 valence electrons. The molecular weight excluding hydrogens is 392 g/mol. The van der Waals surface area contributed by atoms with Crippen LogP contribution in [0.2, 0.25) is 0 Å². The van der Waals surface area contributed by atoms with Gasteiger partial charge in [-0.25, -0.2) is 15.0 Å². The molecule has 0 atom stereocenters. The van der Waals surface area contributed by atoms with Crippen LogP contribution in [0.15, 0.2) is 50.9 Å². The smallest absolute Gasteiger partial charge is 0.227 e. The molecule has 24 heavy (non-hydrogen) atoms. The number of nitrogens with one attached hydrogen (secondary N) is 1. The van der Waals surface area contributed by atoms with E-state index in [9.17, 15) is 5.11 Å². The molecule has 3 aromatic rings. The highest BCUT2D eigenvalue weighted by molar-refractivity contribution is 9.10. The van der Waals surface area contributed by atoms with Gasteiger partial charge >= 0.3 is 0 Å². The zero-order chi connectivity index (χ0) is 16.9. The number of hydrogen-bond acceptors (Lipinski definition) is 7. The molecule has 0 amide bonds. The number of anilines is 1. The second-order valence-electron chi connectivity index (χ2n) is 4.91. The number of oxazole rings is 1. The first kappa shape index (κ1) is 16.9. The Morgan fingerprint density at radius 2 is 2.00 bits per heavy atom. The Balaban J connectivity index is 1.71. The molecule has 3 rings (SSSR count). The quantitative estimate of drug-likeness (QED) is 0.476. The molecule has 0 unspecified atom stereocenters. The van der Waals surface area contributed by atoms with Gasteiger partial charge in [-0.3, -0.25) is 0 Å². The highest BCUT2D eigenvalue weighted by Crippen LogP contribution is 2.23. The normalized spacial score (nSPS) is 10.8. The standard InChI is InChI=1S/C16H15BrN4O2S/c1-24-16-20-7-12(9-22)14(21-16)18-6-10-2-4-11(5-3-10)15-19-8-13(17)23-15/h2-5,7-8,22H,6,9H2,1H3,(H,18,20,21). The average Bonchev–Trinajstić information content (AvgIpc) is 3.06. The molecule has 0 radical (unpaired) electrons. The van der Waals surface area contributed by atoms with Gasteiger partial charge in [-0.05, 0) is 39.9 Å². The molecule has 0 aliphatic rings. The third kappa shape index (κ3) is 3.95. The minimum absolute atomic E-state index is 0.102. The van der Waals surface area contributed by atoms with Crippen LogP contribution in [0.25, 0.3) is 11.5 Å². The number of halogens is 1. The second-order valence-corrected chi connectivity index (χ2v) is 6.46. The van der Waals surface area contributed by atoms with E-state index in [1.54, 1.807) is 12.4 Å². The van der Waals surface area contributed by atoms with Gasteiger partial charge in [-0.2, -0.15) is 0 Å². The highest BCUT2D eigenvalue weighted by Gasteiger charge is 2.07. The molecule has 1 aromatic carbocycles. The van der Waals surface area contributed by atoms with Crippen molar-refractivity contribution >= 4 is 33.5 Å². The van der Waals surface area contributed by atoms with Gasteiger partial charge in [-0.1, -0.05) is 23.9 Å². The fraction of sp³-hybridized carbons (Fsp3) is 0.188. The van der Waals surface area contributed by atoms with Crippen LogP contribution in [0.4, 0.5) is 5.82 Å². The van der Waals surface area contributed by atoms with Gasteiger partial charge in [0, 0.05) is 23.9 Å². The fourth-order valence-corrected chi connectivity index (χ4v) is 2.69. The summed E-state index contributed by atoms with van der Waals surface area (Å²) in [5.41, 5.74) is 2.67. The SMILES string of the molecule is CSc1ncc(CO)c(NCc2ccc(-c3ncc(Br)o3)cc2)n1. The van der Waals surface area contributed by atoms with Crippen LogP contribution in [-0.4, -0.2) is 26.3 Å². The first-order chi connectivity index (χ1) is 11.7. The van der Waals surface area contributed by atoms with E-state index in [2.05, 4.69) is 36.2 Å². The highest BCUT2D eigenvalue weighted by atomic mass is 79.9. The van der Waals surface area contributed by atoms with E-state index in [0.29, 0.717) is 33.6 Å². The summed E-state index contributed by atoms with van der Waals surface area (Å²) >= 11 is 4.71. The van der Waals surface area contributed by atoms with Crippen molar-refractivity contribution in [3.05, 3.63) is 52.5 Å². The molecule has 0 bridgehead atoms. The van der Waals surface area contributed by atoms with E-state index < -0.39 is 0 Å². The predicted molar refractivity (Wildman–Crippen MR) is 96.7 cm³/mol. The molecule has 2 heterocycles. The third-order valence-corrected chi connectivity index (χ3v) is 4.26. The lowest BCUT2D eigenvalue weighted by molar-refractivity contribution is 0.281. The maximum absolute atomic E-state index is 9.40. The van der Waals surface area contributed by atoms with Crippen molar-refractivity contribution in [3.63, 3.8) is 0 Å². The van der Waals surface area contributed by atoms with Crippen LogP contribution in [0, 0.1) is 0 Å². The Bertz CT molecular complexity index is 823. The number of nitrogens with zero attached hydrogens (tertiary/aromatic N) is 3. The molecular formula is C16H15BrN4O2S. The number of hydrogen-bond donors (Lipinski definition) is 2. The minimum atomic E-state index is -0.102. The Labute approximate surface area is 151 Å². The van der Waals surface area contributed by atoms with E-state index in [-0.39, 0.29) is 6.61 Å². The van der Waals surface area contributed by atoms with Crippen molar-refractivity contribution < 1.29 is 9.52 Å². The second kappa shape index (κ2) is 7.78. The molecule has 2 aromatic heterocycles. The predicted octanol–water partition coefficient (Wildman–Crippen LogP) is 3.72. The molecule has 0 fully saturated rings. The lowest BCUT2D eigenvalue weighted by Gasteiger charge is -2.10. The van der Waals surface area contributed by atoms with E-state index in [1.165, 1.54) is 11.8 Å². The first-order valence-corrected chi connectivity index (χ1v) is 9.16. The number of benzene rings is 1. The van der Waals surface area contributed by atoms with Crippen molar-refractivity contribution in [1.29, 1.82) is 0 Å². The minimum Gasteiger partial charge on any atom is -0.429 e. The lowest BCUT2D eigenvalue weighted by atomic mass is 10.1. The van der Waals surface area contributed by atoms with Crippen LogP contribution in [0.1, 0.15) is 11.1 Å². The van der Waals surface area contributed by atoms with E-state index in [0.717, 1.165) is 11.1 Å². The number of aliphatic hydroxyl groups excluding tert-OH is 1. The summed E-state index contributed by atoms with van der Waals surface area (Å²) < 4.78 is 6.04. The van der Waals surface area contributed by atoms with E-state index in [4.69, 9.17) is 4.42 Å². The molecule has 0 saturated heterocycles. The summed E-state index contributed by atoms with van der Waals surface area (Å²) in [6.45, 7) is 0.488. The van der Waals surface area contributed by atoms with Gasteiger partial charge < -0.3 is 14.8 Å². The number of rotatable bonds is 6. The molecule has 0 spiro atoms. The summed E-state index contributed by atoms with van der Waals surface area (Å²) in [7, 11) is 0. The Morgan fingerprint density at radius 3 is 2.62 bits per heavy atom. The maximum Gasteiger partial charge on any atom is 0.227 e. The van der Waals surface area contributed by atoms with Crippen LogP contribution >= 0.6 is 27.7 Å². The molecule has 2 N–H and O–H groups in total. The monoisotopic (exact) mass is 406 g/mol. The Kier molecular flexibility index (Phi) is 5.49. The largest absolute Gasteiger partial charge is 0.429 e. The van der Waals surface area contributed by atoms with Gasteiger partial charge in [0.15, 0.2) is 9.83 Å². The van der Waals surface area contributed by atoms with Crippen molar-refractivity contribution in [1.82, 2.24) is 15.0 Å². The van der Waals surface area contributed by atoms with Crippen LogP contribution in [-0.2, 0) is 13.2 Å². The first-order valence-electron chi connectivity index (χ1n) is 7.15.